The normalized spacial score (nSPS) is 11.5. The minimum absolute atomic E-state index is 0.271. The number of fused-ring (bicyclic) bond motifs is 2. The van der Waals surface area contributed by atoms with Crippen molar-refractivity contribution in [1.29, 1.82) is 0 Å². The van der Waals surface area contributed by atoms with E-state index >= 15 is 0 Å². The second-order valence-corrected chi connectivity index (χ2v) is 12.1. The van der Waals surface area contributed by atoms with Gasteiger partial charge in [0.1, 0.15) is 12.2 Å². The molecular formula is C31H19Br3ClN3O4. The maximum atomic E-state index is 13.7. The van der Waals surface area contributed by atoms with E-state index in [1.54, 1.807) is 37.6 Å². The summed E-state index contributed by atoms with van der Waals surface area (Å²) in [6.45, 7) is 0.307. The van der Waals surface area contributed by atoms with Crippen LogP contribution in [-0.4, -0.2) is 23.0 Å². The molecule has 0 spiro atoms. The van der Waals surface area contributed by atoms with Crippen molar-refractivity contribution in [3.05, 3.63) is 119 Å². The van der Waals surface area contributed by atoms with E-state index in [0.29, 0.717) is 59.9 Å². The first-order valence-corrected chi connectivity index (χ1v) is 15.3. The molecule has 0 aliphatic rings. The van der Waals surface area contributed by atoms with Crippen molar-refractivity contribution in [2.45, 2.75) is 6.61 Å². The fourth-order valence-corrected chi connectivity index (χ4v) is 5.80. The van der Waals surface area contributed by atoms with Gasteiger partial charge in [-0.3, -0.25) is 4.79 Å². The molecule has 4 aromatic carbocycles. The smallest absolute Gasteiger partial charge is 0.282 e. The zero-order chi connectivity index (χ0) is 29.4. The number of furan rings is 1. The highest BCUT2D eigenvalue weighted by molar-refractivity contribution is 9.13. The van der Waals surface area contributed by atoms with Gasteiger partial charge in [-0.25, -0.2) is 4.98 Å². The van der Waals surface area contributed by atoms with Crippen molar-refractivity contribution in [1.82, 2.24) is 9.66 Å². The van der Waals surface area contributed by atoms with Gasteiger partial charge in [0, 0.05) is 24.9 Å². The standard InChI is InChI=1S/C31H19Br3ClN3O4/c1-40-25-14-19(27(33)28(34)29(25)41-16-17-6-9-21(35)10-7-17)15-36-38-30(37-23-5-3-2-4-22(23)31(38)39)26-13-18-12-20(32)8-11-24(18)42-26/h2-15H,16H2,1H3. The summed E-state index contributed by atoms with van der Waals surface area (Å²) in [6, 6.07) is 23.8. The zero-order valence-corrected chi connectivity index (χ0v) is 27.3. The van der Waals surface area contributed by atoms with Crippen molar-refractivity contribution in [2.75, 3.05) is 7.11 Å². The van der Waals surface area contributed by atoms with Gasteiger partial charge in [-0.05, 0) is 92.0 Å². The third-order valence-electron chi connectivity index (χ3n) is 6.44. The van der Waals surface area contributed by atoms with Crippen LogP contribution in [0, 0.1) is 0 Å². The van der Waals surface area contributed by atoms with Crippen LogP contribution in [0.2, 0.25) is 5.02 Å². The Morgan fingerprint density at radius 1 is 1.00 bits per heavy atom. The minimum Gasteiger partial charge on any atom is -0.493 e. The van der Waals surface area contributed by atoms with Crippen molar-refractivity contribution in [3.63, 3.8) is 0 Å². The lowest BCUT2D eigenvalue weighted by molar-refractivity contribution is 0.282. The highest BCUT2D eigenvalue weighted by Crippen LogP contribution is 2.42. The Kier molecular flexibility index (Phi) is 8.22. The van der Waals surface area contributed by atoms with Crippen LogP contribution >= 0.6 is 59.4 Å². The topological polar surface area (TPSA) is 78.9 Å². The molecule has 11 heteroatoms. The average Bonchev–Trinajstić information content (AvgIpc) is 3.42. The van der Waals surface area contributed by atoms with Gasteiger partial charge in [-0.1, -0.05) is 51.8 Å². The van der Waals surface area contributed by atoms with Crippen LogP contribution in [0.15, 0.2) is 107 Å². The van der Waals surface area contributed by atoms with Gasteiger partial charge in [-0.15, -0.1) is 0 Å². The van der Waals surface area contributed by atoms with Crippen LogP contribution in [0.25, 0.3) is 33.5 Å². The first-order chi connectivity index (χ1) is 20.3. The summed E-state index contributed by atoms with van der Waals surface area (Å²) < 4.78 is 21.3. The lowest BCUT2D eigenvalue weighted by Crippen LogP contribution is -2.20. The van der Waals surface area contributed by atoms with Gasteiger partial charge < -0.3 is 13.9 Å². The van der Waals surface area contributed by atoms with Crippen LogP contribution < -0.4 is 15.0 Å². The Morgan fingerprint density at radius 3 is 2.57 bits per heavy atom. The molecule has 7 nitrogen and oxygen atoms in total. The molecule has 210 valence electrons. The summed E-state index contributed by atoms with van der Waals surface area (Å²) in [5.41, 5.74) is 2.45. The molecule has 0 aliphatic carbocycles. The second-order valence-electron chi connectivity index (χ2n) is 9.15. The molecule has 0 bridgehead atoms. The van der Waals surface area contributed by atoms with Crippen LogP contribution in [0.1, 0.15) is 11.1 Å². The molecule has 0 N–H and O–H groups in total. The van der Waals surface area contributed by atoms with Gasteiger partial charge in [-0.2, -0.15) is 9.78 Å². The van der Waals surface area contributed by atoms with Crippen molar-refractivity contribution in [3.8, 4) is 23.1 Å². The number of nitrogens with zero attached hydrogens (tertiary/aromatic N) is 3. The number of ether oxygens (including phenoxy) is 2. The second kappa shape index (κ2) is 12.0. The molecule has 0 saturated heterocycles. The molecule has 0 fully saturated rings. The summed E-state index contributed by atoms with van der Waals surface area (Å²) in [6.07, 6.45) is 1.56. The fourth-order valence-electron chi connectivity index (χ4n) is 4.36. The first-order valence-electron chi connectivity index (χ1n) is 12.5. The fraction of sp³-hybridized carbons (Fsp3) is 0.0645. The summed E-state index contributed by atoms with van der Waals surface area (Å²) in [5, 5.41) is 6.54. The van der Waals surface area contributed by atoms with Crippen LogP contribution in [0.3, 0.4) is 0 Å². The quantitative estimate of drug-likeness (QED) is 0.151. The number of hydrogen-bond donors (Lipinski definition) is 0. The largest absolute Gasteiger partial charge is 0.493 e. The number of methoxy groups -OCH3 is 1. The number of rotatable bonds is 7. The van der Waals surface area contributed by atoms with Crippen LogP contribution in [0.4, 0.5) is 0 Å². The summed E-state index contributed by atoms with van der Waals surface area (Å²) in [5.74, 6) is 1.67. The molecule has 0 amide bonds. The lowest BCUT2D eigenvalue weighted by Gasteiger charge is -2.15. The summed E-state index contributed by atoms with van der Waals surface area (Å²) in [4.78, 5) is 18.4. The van der Waals surface area contributed by atoms with E-state index in [1.807, 2.05) is 54.6 Å². The number of benzene rings is 4. The maximum Gasteiger partial charge on any atom is 0.282 e. The summed E-state index contributed by atoms with van der Waals surface area (Å²) in [7, 11) is 1.56. The zero-order valence-electron chi connectivity index (χ0n) is 21.8. The number of aromatic nitrogens is 2. The van der Waals surface area contributed by atoms with E-state index in [-0.39, 0.29) is 11.4 Å². The molecule has 6 rings (SSSR count). The van der Waals surface area contributed by atoms with E-state index in [0.717, 1.165) is 15.4 Å². The van der Waals surface area contributed by atoms with Crippen molar-refractivity contribution < 1.29 is 13.9 Å². The van der Waals surface area contributed by atoms with E-state index in [1.165, 1.54) is 4.68 Å². The van der Waals surface area contributed by atoms with Crippen molar-refractivity contribution >= 4 is 87.5 Å². The Bertz CT molecular complexity index is 2060. The van der Waals surface area contributed by atoms with E-state index in [9.17, 15) is 4.79 Å². The molecule has 6 aromatic rings. The van der Waals surface area contributed by atoms with E-state index in [4.69, 9.17) is 30.5 Å². The summed E-state index contributed by atoms with van der Waals surface area (Å²) >= 11 is 16.8. The van der Waals surface area contributed by atoms with Crippen molar-refractivity contribution in [2.24, 2.45) is 5.10 Å². The predicted octanol–water partition coefficient (Wildman–Crippen LogP) is 9.22. The number of para-hydroxylation sites is 1. The predicted molar refractivity (Wildman–Crippen MR) is 176 cm³/mol. The Morgan fingerprint density at radius 2 is 1.79 bits per heavy atom. The van der Waals surface area contributed by atoms with Gasteiger partial charge in [0.15, 0.2) is 17.3 Å². The lowest BCUT2D eigenvalue weighted by atomic mass is 10.2. The Balaban J connectivity index is 1.42. The van der Waals surface area contributed by atoms with Gasteiger partial charge in [0.05, 0.1) is 28.7 Å². The molecule has 42 heavy (non-hydrogen) atoms. The van der Waals surface area contributed by atoms with Crippen LogP contribution in [0.5, 0.6) is 11.5 Å². The number of halogens is 4. The number of hydrogen-bond acceptors (Lipinski definition) is 6. The molecule has 0 saturated carbocycles. The van der Waals surface area contributed by atoms with Gasteiger partial charge in [0.25, 0.3) is 5.56 Å². The molecule has 2 heterocycles. The van der Waals surface area contributed by atoms with E-state index in [2.05, 4.69) is 52.9 Å². The maximum absolute atomic E-state index is 13.7. The Hall–Kier alpha value is -3.44. The SMILES string of the molecule is COc1cc(C=Nn2c(-c3cc4cc(Br)ccc4o3)nc3ccccc3c2=O)c(Br)c(Br)c1OCc1ccc(Cl)cc1. The Labute approximate surface area is 270 Å². The average molecular weight is 773 g/mol. The minimum atomic E-state index is -0.335. The molecule has 2 aromatic heterocycles. The highest BCUT2D eigenvalue weighted by Gasteiger charge is 2.19. The monoisotopic (exact) mass is 769 g/mol. The van der Waals surface area contributed by atoms with Gasteiger partial charge >= 0.3 is 0 Å². The highest BCUT2D eigenvalue weighted by atomic mass is 79.9. The molecule has 0 aliphatic heterocycles. The van der Waals surface area contributed by atoms with E-state index < -0.39 is 0 Å². The third-order valence-corrected chi connectivity index (χ3v) is 9.33. The molecule has 0 atom stereocenters. The molecular weight excluding hydrogens is 754 g/mol. The first kappa shape index (κ1) is 28.7. The van der Waals surface area contributed by atoms with Gasteiger partial charge in [0.2, 0.25) is 5.82 Å². The third kappa shape index (κ3) is 5.64. The van der Waals surface area contributed by atoms with Crippen LogP contribution in [-0.2, 0) is 6.61 Å². The molecule has 0 unspecified atom stereocenters. The molecule has 0 radical (unpaired) electrons.